The first-order valence-electron chi connectivity index (χ1n) is 7.21. The van der Waals surface area contributed by atoms with E-state index in [0.29, 0.717) is 35.2 Å². The van der Waals surface area contributed by atoms with E-state index in [1.165, 1.54) is 12.1 Å². The maximum absolute atomic E-state index is 12.8. The smallest absolute Gasteiger partial charge is 0.240 e. The fourth-order valence-electron chi connectivity index (χ4n) is 2.08. The van der Waals surface area contributed by atoms with Gasteiger partial charge in [-0.25, -0.2) is 4.39 Å². The largest absolute Gasteiger partial charge is 0.485 e. The van der Waals surface area contributed by atoms with Crippen LogP contribution in [0.25, 0.3) is 0 Å². The van der Waals surface area contributed by atoms with Gasteiger partial charge in [-0.3, -0.25) is 4.90 Å². The lowest BCUT2D eigenvalue weighted by atomic mass is 10.3. The molecule has 6 nitrogen and oxygen atoms in total. The van der Waals surface area contributed by atoms with Crippen LogP contribution in [0.15, 0.2) is 50.0 Å². The molecule has 8 heteroatoms. The average Bonchev–Trinajstić information content (AvgIpc) is 3.16. The number of aromatic nitrogens is 2. The van der Waals surface area contributed by atoms with Crippen LogP contribution in [0, 0.1) is 5.82 Å². The van der Waals surface area contributed by atoms with E-state index in [1.54, 1.807) is 12.1 Å². The van der Waals surface area contributed by atoms with Crippen molar-refractivity contribution in [3.05, 3.63) is 64.4 Å². The number of halogens is 2. The predicted octanol–water partition coefficient (Wildman–Crippen LogP) is 3.78. The van der Waals surface area contributed by atoms with Gasteiger partial charge in [0.25, 0.3) is 0 Å². The Morgan fingerprint density at radius 2 is 1.96 bits per heavy atom. The van der Waals surface area contributed by atoms with Gasteiger partial charge in [0.15, 0.2) is 11.3 Å². The lowest BCUT2D eigenvalue weighted by Crippen LogP contribution is -2.17. The van der Waals surface area contributed by atoms with E-state index in [2.05, 4.69) is 26.1 Å². The minimum absolute atomic E-state index is 0.157. The first kappa shape index (κ1) is 16.7. The van der Waals surface area contributed by atoms with Crippen molar-refractivity contribution in [2.45, 2.75) is 19.7 Å². The Morgan fingerprint density at radius 3 is 2.67 bits per heavy atom. The summed E-state index contributed by atoms with van der Waals surface area (Å²) in [7, 11) is 1.93. The molecule has 0 spiro atoms. The molecule has 3 rings (SSSR count). The van der Waals surface area contributed by atoms with E-state index in [9.17, 15) is 4.39 Å². The molecule has 0 unspecified atom stereocenters. The van der Waals surface area contributed by atoms with Crippen molar-refractivity contribution in [3.8, 4) is 5.75 Å². The molecule has 0 bridgehead atoms. The molecular weight excluding hydrogens is 381 g/mol. The van der Waals surface area contributed by atoms with E-state index in [1.807, 2.05) is 24.1 Å². The number of rotatable bonds is 7. The number of ether oxygens (including phenoxy) is 1. The Hall–Kier alpha value is -2.19. The highest BCUT2D eigenvalue weighted by atomic mass is 79.9. The normalized spacial score (nSPS) is 11.2. The monoisotopic (exact) mass is 395 g/mol. The van der Waals surface area contributed by atoms with Crippen LogP contribution < -0.4 is 4.74 Å². The first-order chi connectivity index (χ1) is 11.6. The molecule has 24 heavy (non-hydrogen) atoms. The molecule has 3 aromatic rings. The van der Waals surface area contributed by atoms with E-state index in [-0.39, 0.29) is 12.4 Å². The molecule has 0 amide bonds. The fraction of sp³-hybridized carbons (Fsp3) is 0.250. The van der Waals surface area contributed by atoms with Crippen molar-refractivity contribution in [1.82, 2.24) is 15.0 Å². The minimum atomic E-state index is -0.309. The van der Waals surface area contributed by atoms with Crippen LogP contribution in [0.4, 0.5) is 4.39 Å². The van der Waals surface area contributed by atoms with Gasteiger partial charge in [-0.2, -0.15) is 4.98 Å². The van der Waals surface area contributed by atoms with Gasteiger partial charge in [0.1, 0.15) is 17.3 Å². The Bertz CT molecular complexity index is 788. The zero-order chi connectivity index (χ0) is 16.9. The van der Waals surface area contributed by atoms with Crippen molar-refractivity contribution in [3.63, 3.8) is 0 Å². The molecule has 0 fully saturated rings. The molecule has 0 aliphatic carbocycles. The highest BCUT2D eigenvalue weighted by Crippen LogP contribution is 2.16. The topological polar surface area (TPSA) is 64.5 Å². The van der Waals surface area contributed by atoms with Crippen molar-refractivity contribution in [2.75, 3.05) is 7.05 Å². The van der Waals surface area contributed by atoms with Gasteiger partial charge in [-0.05, 0) is 59.4 Å². The molecule has 0 aliphatic rings. The number of nitrogens with zero attached hydrogens (tertiary/aromatic N) is 3. The molecule has 0 radical (unpaired) electrons. The van der Waals surface area contributed by atoms with Crippen LogP contribution in [0.3, 0.4) is 0 Å². The summed E-state index contributed by atoms with van der Waals surface area (Å²) in [6.45, 7) is 1.27. The molecule has 0 saturated heterocycles. The third-order valence-electron chi connectivity index (χ3n) is 3.15. The van der Waals surface area contributed by atoms with E-state index >= 15 is 0 Å². The van der Waals surface area contributed by atoms with Crippen LogP contribution in [0.5, 0.6) is 5.75 Å². The van der Waals surface area contributed by atoms with E-state index < -0.39 is 0 Å². The number of hydrogen-bond acceptors (Lipinski definition) is 6. The molecule has 0 atom stereocenters. The Morgan fingerprint density at radius 1 is 1.17 bits per heavy atom. The lowest BCUT2D eigenvalue weighted by Gasteiger charge is -2.11. The van der Waals surface area contributed by atoms with Crippen LogP contribution in [-0.4, -0.2) is 22.1 Å². The number of benzene rings is 1. The number of hydrogen-bond donors (Lipinski definition) is 0. The highest BCUT2D eigenvalue weighted by molar-refractivity contribution is 9.10. The zero-order valence-corrected chi connectivity index (χ0v) is 14.5. The third kappa shape index (κ3) is 4.65. The van der Waals surface area contributed by atoms with Crippen LogP contribution in [0.1, 0.15) is 17.5 Å². The van der Waals surface area contributed by atoms with Crippen molar-refractivity contribution in [1.29, 1.82) is 0 Å². The first-order valence-corrected chi connectivity index (χ1v) is 8.00. The molecular formula is C16H15BrFN3O3. The summed E-state index contributed by atoms with van der Waals surface area (Å²) in [4.78, 5) is 6.26. The lowest BCUT2D eigenvalue weighted by molar-refractivity contribution is 0.241. The summed E-state index contributed by atoms with van der Waals surface area (Å²) >= 11 is 3.27. The third-order valence-corrected chi connectivity index (χ3v) is 3.58. The van der Waals surface area contributed by atoms with Gasteiger partial charge in [0.05, 0.1) is 13.1 Å². The molecule has 1 aromatic carbocycles. The molecule has 0 aliphatic heterocycles. The summed E-state index contributed by atoms with van der Waals surface area (Å²) in [5, 5.41) is 3.87. The van der Waals surface area contributed by atoms with Gasteiger partial charge in [-0.15, -0.1) is 0 Å². The molecule has 126 valence electrons. The number of furan rings is 1. The van der Waals surface area contributed by atoms with Crippen LogP contribution in [0.2, 0.25) is 0 Å². The summed E-state index contributed by atoms with van der Waals surface area (Å²) in [6.07, 6.45) is 0. The van der Waals surface area contributed by atoms with E-state index in [0.717, 1.165) is 5.76 Å². The van der Waals surface area contributed by atoms with Gasteiger partial charge in [-0.1, -0.05) is 5.16 Å². The van der Waals surface area contributed by atoms with E-state index in [4.69, 9.17) is 13.7 Å². The van der Waals surface area contributed by atoms with Gasteiger partial charge in [0.2, 0.25) is 11.7 Å². The molecule has 2 heterocycles. The molecule has 2 aromatic heterocycles. The standard InChI is InChI=1S/C16H15BrFN3O3/c1-21(8-13-6-7-14(17)23-13)9-16-19-15(20-24-16)10-22-12-4-2-11(18)3-5-12/h2-7H,8-10H2,1H3. The maximum atomic E-state index is 12.8. The predicted molar refractivity (Wildman–Crippen MR) is 86.6 cm³/mol. The van der Waals surface area contributed by atoms with Crippen LogP contribution in [-0.2, 0) is 19.7 Å². The second-order valence-electron chi connectivity index (χ2n) is 5.23. The average molecular weight is 396 g/mol. The van der Waals surface area contributed by atoms with Gasteiger partial charge >= 0.3 is 0 Å². The Balaban J connectivity index is 1.50. The molecule has 0 saturated carbocycles. The van der Waals surface area contributed by atoms with Crippen LogP contribution >= 0.6 is 15.9 Å². The Labute approximate surface area is 146 Å². The summed E-state index contributed by atoms with van der Waals surface area (Å²) in [5.41, 5.74) is 0. The van der Waals surface area contributed by atoms with Gasteiger partial charge in [0, 0.05) is 0 Å². The quantitative estimate of drug-likeness (QED) is 0.606. The zero-order valence-electron chi connectivity index (χ0n) is 12.9. The van der Waals surface area contributed by atoms with Crippen molar-refractivity contribution in [2.24, 2.45) is 0 Å². The van der Waals surface area contributed by atoms with Gasteiger partial charge < -0.3 is 13.7 Å². The SMILES string of the molecule is CN(Cc1ccc(Br)o1)Cc1nc(COc2ccc(F)cc2)no1. The summed E-state index contributed by atoms with van der Waals surface area (Å²) in [5.74, 6) is 1.99. The Kier molecular flexibility index (Phi) is 5.27. The summed E-state index contributed by atoms with van der Waals surface area (Å²) in [6, 6.07) is 9.51. The van der Waals surface area contributed by atoms with Crippen molar-refractivity contribution < 1.29 is 18.1 Å². The second-order valence-corrected chi connectivity index (χ2v) is 6.01. The minimum Gasteiger partial charge on any atom is -0.485 e. The van der Waals surface area contributed by atoms with Crippen molar-refractivity contribution >= 4 is 15.9 Å². The second kappa shape index (κ2) is 7.59. The molecule has 0 N–H and O–H groups in total. The maximum Gasteiger partial charge on any atom is 0.240 e. The highest BCUT2D eigenvalue weighted by Gasteiger charge is 2.11. The fourth-order valence-corrected chi connectivity index (χ4v) is 2.42. The summed E-state index contributed by atoms with van der Waals surface area (Å²) < 4.78 is 29.7.